The van der Waals surface area contributed by atoms with Gasteiger partial charge in [-0.3, -0.25) is 14.9 Å². The van der Waals surface area contributed by atoms with Crippen molar-refractivity contribution in [1.82, 2.24) is 4.31 Å². The van der Waals surface area contributed by atoms with Gasteiger partial charge in [-0.25, -0.2) is 8.42 Å². The van der Waals surface area contributed by atoms with Crippen LogP contribution in [0.2, 0.25) is 0 Å². The minimum atomic E-state index is -3.57. The highest BCUT2D eigenvalue weighted by Gasteiger charge is 2.28. The van der Waals surface area contributed by atoms with Crippen LogP contribution in [0.3, 0.4) is 0 Å². The predicted molar refractivity (Wildman–Crippen MR) is 115 cm³/mol. The second-order valence-corrected chi connectivity index (χ2v) is 9.52. The molecule has 0 saturated carbocycles. The van der Waals surface area contributed by atoms with Crippen molar-refractivity contribution in [3.05, 3.63) is 58.6 Å². The molecule has 1 aliphatic heterocycles. The van der Waals surface area contributed by atoms with E-state index in [0.29, 0.717) is 24.7 Å². The molecule has 166 valence electrons. The van der Waals surface area contributed by atoms with Crippen LogP contribution in [0.5, 0.6) is 5.75 Å². The fraction of sp³-hybridized carbons (Fsp3) is 0.381. The summed E-state index contributed by atoms with van der Waals surface area (Å²) < 4.78 is 32.5. The largest absolute Gasteiger partial charge is 0.474 e. The molecular formula is C21H25N3O6S. The molecular weight excluding hydrogens is 422 g/mol. The normalized spacial score (nSPS) is 16.5. The van der Waals surface area contributed by atoms with Crippen LogP contribution < -0.4 is 10.1 Å². The molecule has 0 aromatic heterocycles. The molecule has 3 rings (SSSR count). The molecule has 10 heteroatoms. The SMILES string of the molecule is CC1CCN(S(=O)(=O)c2ccc(NC(=O)C(C)Oc3ccccc3[N+](=O)[O-])cc2)CC1. The first kappa shape index (κ1) is 22.7. The first-order valence-electron chi connectivity index (χ1n) is 9.99. The van der Waals surface area contributed by atoms with Crippen LogP contribution in [0, 0.1) is 16.0 Å². The Morgan fingerprint density at radius 1 is 1.16 bits per heavy atom. The molecule has 1 amide bonds. The van der Waals surface area contributed by atoms with E-state index in [9.17, 15) is 23.3 Å². The molecule has 1 saturated heterocycles. The van der Waals surface area contributed by atoms with Gasteiger partial charge in [0.15, 0.2) is 11.9 Å². The van der Waals surface area contributed by atoms with Crippen molar-refractivity contribution in [1.29, 1.82) is 0 Å². The number of benzene rings is 2. The number of anilines is 1. The molecule has 1 atom stereocenters. The van der Waals surface area contributed by atoms with Gasteiger partial charge in [0.2, 0.25) is 10.0 Å². The molecule has 9 nitrogen and oxygen atoms in total. The van der Waals surface area contributed by atoms with E-state index in [2.05, 4.69) is 12.2 Å². The quantitative estimate of drug-likeness (QED) is 0.513. The van der Waals surface area contributed by atoms with E-state index < -0.39 is 27.0 Å². The topological polar surface area (TPSA) is 119 Å². The molecule has 0 radical (unpaired) electrons. The van der Waals surface area contributed by atoms with Crippen LogP contribution in [0.15, 0.2) is 53.4 Å². The number of hydrogen-bond acceptors (Lipinski definition) is 6. The zero-order chi connectivity index (χ0) is 22.6. The van der Waals surface area contributed by atoms with Gasteiger partial charge in [0, 0.05) is 24.8 Å². The van der Waals surface area contributed by atoms with Crippen LogP contribution >= 0.6 is 0 Å². The monoisotopic (exact) mass is 447 g/mol. The Hall–Kier alpha value is -2.98. The van der Waals surface area contributed by atoms with Crippen LogP contribution in [0.1, 0.15) is 26.7 Å². The average molecular weight is 448 g/mol. The van der Waals surface area contributed by atoms with E-state index in [1.165, 1.54) is 53.7 Å². The summed E-state index contributed by atoms with van der Waals surface area (Å²) in [7, 11) is -3.57. The summed E-state index contributed by atoms with van der Waals surface area (Å²) in [5.41, 5.74) is 0.165. The minimum absolute atomic E-state index is 0.00700. The predicted octanol–water partition coefficient (Wildman–Crippen LogP) is 3.42. The maximum atomic E-state index is 12.8. The van der Waals surface area contributed by atoms with E-state index in [4.69, 9.17) is 4.74 Å². The van der Waals surface area contributed by atoms with Crippen molar-refractivity contribution in [3.8, 4) is 5.75 Å². The first-order chi connectivity index (χ1) is 14.7. The number of sulfonamides is 1. The number of amides is 1. The van der Waals surface area contributed by atoms with E-state index >= 15 is 0 Å². The summed E-state index contributed by atoms with van der Waals surface area (Å²) in [6.45, 7) is 4.59. The van der Waals surface area contributed by atoms with Crippen LogP contribution in [-0.2, 0) is 14.8 Å². The van der Waals surface area contributed by atoms with Crippen LogP contribution in [-0.4, -0.2) is 42.7 Å². The molecule has 2 aromatic rings. The Kier molecular flexibility index (Phi) is 6.91. The number of carbonyl (C=O) groups excluding carboxylic acids is 1. The highest BCUT2D eigenvalue weighted by molar-refractivity contribution is 7.89. The van der Waals surface area contributed by atoms with Gasteiger partial charge in [-0.15, -0.1) is 0 Å². The second-order valence-electron chi connectivity index (χ2n) is 7.59. The second kappa shape index (κ2) is 9.44. The van der Waals surface area contributed by atoms with E-state index in [1.807, 2.05) is 0 Å². The third-order valence-electron chi connectivity index (χ3n) is 5.24. The lowest BCUT2D eigenvalue weighted by Gasteiger charge is -2.29. The lowest BCUT2D eigenvalue weighted by Crippen LogP contribution is -2.37. The molecule has 0 bridgehead atoms. The van der Waals surface area contributed by atoms with Gasteiger partial charge in [0.25, 0.3) is 5.91 Å². The number of hydrogen-bond donors (Lipinski definition) is 1. The molecule has 0 spiro atoms. The number of carbonyl (C=O) groups is 1. The maximum Gasteiger partial charge on any atom is 0.310 e. The molecule has 1 N–H and O–H groups in total. The first-order valence-corrected chi connectivity index (χ1v) is 11.4. The Bertz CT molecular complexity index is 1050. The van der Waals surface area contributed by atoms with Crippen molar-refractivity contribution in [2.45, 2.75) is 37.7 Å². The van der Waals surface area contributed by atoms with Gasteiger partial charge in [0.1, 0.15) is 0 Å². The Morgan fingerprint density at radius 3 is 2.39 bits per heavy atom. The third-order valence-corrected chi connectivity index (χ3v) is 7.15. The zero-order valence-corrected chi connectivity index (χ0v) is 18.2. The Morgan fingerprint density at radius 2 is 1.77 bits per heavy atom. The molecule has 1 unspecified atom stereocenters. The molecule has 0 aliphatic carbocycles. The highest BCUT2D eigenvalue weighted by Crippen LogP contribution is 2.27. The van der Waals surface area contributed by atoms with Gasteiger partial charge in [-0.2, -0.15) is 4.31 Å². The zero-order valence-electron chi connectivity index (χ0n) is 17.4. The summed E-state index contributed by atoms with van der Waals surface area (Å²) in [6.07, 6.45) is 0.676. The molecule has 1 aliphatic rings. The van der Waals surface area contributed by atoms with Crippen LogP contribution in [0.25, 0.3) is 0 Å². The summed E-state index contributed by atoms with van der Waals surface area (Å²) in [5, 5.41) is 13.7. The number of rotatable bonds is 7. The Labute approximate surface area is 181 Å². The smallest absolute Gasteiger partial charge is 0.310 e. The Balaban J connectivity index is 1.64. The lowest BCUT2D eigenvalue weighted by molar-refractivity contribution is -0.386. The van der Waals surface area contributed by atoms with E-state index in [-0.39, 0.29) is 16.3 Å². The number of nitrogens with one attached hydrogen (secondary N) is 1. The number of nitrogens with zero attached hydrogens (tertiary/aromatic N) is 2. The maximum absolute atomic E-state index is 12.8. The molecule has 1 heterocycles. The van der Waals surface area contributed by atoms with Crippen molar-refractivity contribution in [2.75, 3.05) is 18.4 Å². The third kappa shape index (κ3) is 5.39. The fourth-order valence-corrected chi connectivity index (χ4v) is 4.75. The van der Waals surface area contributed by atoms with Gasteiger partial charge in [-0.1, -0.05) is 19.1 Å². The number of piperidine rings is 1. The number of nitro benzene ring substituents is 1. The van der Waals surface area contributed by atoms with Gasteiger partial charge in [0.05, 0.1) is 9.82 Å². The number of para-hydroxylation sites is 2. The van der Waals surface area contributed by atoms with Crippen molar-refractivity contribution < 1.29 is 22.9 Å². The molecule has 2 aromatic carbocycles. The molecule has 31 heavy (non-hydrogen) atoms. The fourth-order valence-electron chi connectivity index (χ4n) is 3.28. The van der Waals surface area contributed by atoms with Crippen LogP contribution in [0.4, 0.5) is 11.4 Å². The highest BCUT2D eigenvalue weighted by atomic mass is 32.2. The standard InChI is InChI=1S/C21H25N3O6S/c1-15-11-13-23(14-12-15)31(28,29)18-9-7-17(8-10-18)22-21(25)16(2)30-20-6-4-3-5-19(20)24(26)27/h3-10,15-16H,11-14H2,1-2H3,(H,22,25). The van der Waals surface area contributed by atoms with Crippen molar-refractivity contribution in [2.24, 2.45) is 5.92 Å². The lowest BCUT2D eigenvalue weighted by atomic mass is 10.0. The minimum Gasteiger partial charge on any atom is -0.474 e. The van der Waals surface area contributed by atoms with E-state index in [0.717, 1.165) is 12.8 Å². The summed E-state index contributed by atoms with van der Waals surface area (Å²) in [6, 6.07) is 11.7. The van der Waals surface area contributed by atoms with Gasteiger partial charge >= 0.3 is 5.69 Å². The van der Waals surface area contributed by atoms with Gasteiger partial charge < -0.3 is 10.1 Å². The van der Waals surface area contributed by atoms with Gasteiger partial charge in [-0.05, 0) is 56.0 Å². The number of ether oxygens (including phenoxy) is 1. The van der Waals surface area contributed by atoms with Crippen molar-refractivity contribution >= 4 is 27.3 Å². The molecule has 1 fully saturated rings. The average Bonchev–Trinajstić information content (AvgIpc) is 2.74. The number of nitro groups is 1. The summed E-state index contributed by atoms with van der Waals surface area (Å²) in [4.78, 5) is 23.1. The van der Waals surface area contributed by atoms with Crippen molar-refractivity contribution in [3.63, 3.8) is 0 Å². The van der Waals surface area contributed by atoms with E-state index in [1.54, 1.807) is 6.07 Å². The summed E-state index contributed by atoms with van der Waals surface area (Å²) in [5.74, 6) is -0.00298. The summed E-state index contributed by atoms with van der Waals surface area (Å²) >= 11 is 0.